The molecule has 0 aromatic carbocycles. The minimum Gasteiger partial charge on any atom is -0.488 e. The molecule has 0 unspecified atom stereocenters. The molecule has 0 bridgehead atoms. The highest BCUT2D eigenvalue weighted by atomic mass is 16.5. The standard InChI is InChI=1S/C9H16N4O2/c1-2-6-7(15-5-3-4-14)8(10)13-9(11)12-6/h14H,2-5H2,1H3,(H4,10,11,12,13). The second-order valence-electron chi connectivity index (χ2n) is 3.02. The molecule has 0 radical (unpaired) electrons. The van der Waals surface area contributed by atoms with Crippen molar-refractivity contribution in [2.75, 3.05) is 24.7 Å². The number of rotatable bonds is 5. The van der Waals surface area contributed by atoms with Gasteiger partial charge in [-0.3, -0.25) is 0 Å². The van der Waals surface area contributed by atoms with Crippen LogP contribution in [0.25, 0.3) is 0 Å². The van der Waals surface area contributed by atoms with Crippen LogP contribution in [-0.4, -0.2) is 28.3 Å². The van der Waals surface area contributed by atoms with E-state index >= 15 is 0 Å². The maximum atomic E-state index is 8.62. The second-order valence-corrected chi connectivity index (χ2v) is 3.02. The molecule has 1 heterocycles. The first-order valence-electron chi connectivity index (χ1n) is 4.84. The van der Waals surface area contributed by atoms with Gasteiger partial charge in [-0.1, -0.05) is 6.92 Å². The van der Waals surface area contributed by atoms with E-state index in [2.05, 4.69) is 9.97 Å². The first-order valence-corrected chi connectivity index (χ1v) is 4.84. The monoisotopic (exact) mass is 212 g/mol. The highest BCUT2D eigenvalue weighted by molar-refractivity contribution is 5.51. The zero-order chi connectivity index (χ0) is 11.3. The molecule has 15 heavy (non-hydrogen) atoms. The van der Waals surface area contributed by atoms with Gasteiger partial charge < -0.3 is 21.3 Å². The van der Waals surface area contributed by atoms with E-state index in [0.717, 1.165) is 0 Å². The van der Waals surface area contributed by atoms with E-state index in [1.807, 2.05) is 6.92 Å². The van der Waals surface area contributed by atoms with Crippen LogP contribution < -0.4 is 16.2 Å². The van der Waals surface area contributed by atoms with Gasteiger partial charge in [0.15, 0.2) is 11.6 Å². The van der Waals surface area contributed by atoms with Crippen LogP contribution in [0.4, 0.5) is 11.8 Å². The number of aryl methyl sites for hydroxylation is 1. The number of aromatic nitrogens is 2. The number of aliphatic hydroxyl groups is 1. The van der Waals surface area contributed by atoms with Crippen molar-refractivity contribution in [2.45, 2.75) is 19.8 Å². The second kappa shape index (κ2) is 5.35. The molecule has 0 saturated heterocycles. The average molecular weight is 212 g/mol. The molecule has 1 rings (SSSR count). The largest absolute Gasteiger partial charge is 0.488 e. The predicted molar refractivity (Wildman–Crippen MR) is 57.4 cm³/mol. The Kier molecular flexibility index (Phi) is 4.11. The predicted octanol–water partition coefficient (Wildman–Crippen LogP) is -0.0354. The average Bonchev–Trinajstić information content (AvgIpc) is 2.20. The van der Waals surface area contributed by atoms with Gasteiger partial charge in [-0.05, 0) is 6.42 Å². The van der Waals surface area contributed by atoms with E-state index in [-0.39, 0.29) is 18.4 Å². The van der Waals surface area contributed by atoms with Crippen molar-refractivity contribution in [3.05, 3.63) is 5.69 Å². The highest BCUT2D eigenvalue weighted by Crippen LogP contribution is 2.24. The summed E-state index contributed by atoms with van der Waals surface area (Å²) >= 11 is 0. The summed E-state index contributed by atoms with van der Waals surface area (Å²) in [5.74, 6) is 0.872. The molecule has 0 aliphatic rings. The lowest BCUT2D eigenvalue weighted by Gasteiger charge is -2.11. The minimum absolute atomic E-state index is 0.0805. The van der Waals surface area contributed by atoms with E-state index in [1.165, 1.54) is 0 Å². The summed E-state index contributed by atoms with van der Waals surface area (Å²) in [6, 6.07) is 0. The summed E-state index contributed by atoms with van der Waals surface area (Å²) in [5.41, 5.74) is 11.8. The van der Waals surface area contributed by atoms with Crippen LogP contribution >= 0.6 is 0 Å². The maximum absolute atomic E-state index is 8.62. The number of nitrogens with two attached hydrogens (primary N) is 2. The number of aliphatic hydroxyl groups excluding tert-OH is 1. The Hall–Kier alpha value is -1.56. The lowest BCUT2D eigenvalue weighted by molar-refractivity contribution is 0.232. The Morgan fingerprint density at radius 3 is 2.67 bits per heavy atom. The molecule has 1 aromatic rings. The van der Waals surface area contributed by atoms with E-state index in [4.69, 9.17) is 21.3 Å². The smallest absolute Gasteiger partial charge is 0.222 e. The Morgan fingerprint density at radius 1 is 1.33 bits per heavy atom. The van der Waals surface area contributed by atoms with Crippen LogP contribution in [0, 0.1) is 0 Å². The summed E-state index contributed by atoms with van der Waals surface area (Å²) in [6.07, 6.45) is 1.22. The fraction of sp³-hybridized carbons (Fsp3) is 0.556. The van der Waals surface area contributed by atoms with Crippen molar-refractivity contribution in [1.82, 2.24) is 9.97 Å². The molecule has 0 amide bonds. The third kappa shape index (κ3) is 2.95. The first-order chi connectivity index (χ1) is 7.19. The van der Waals surface area contributed by atoms with Crippen LogP contribution in [0.1, 0.15) is 19.0 Å². The number of hydrogen-bond acceptors (Lipinski definition) is 6. The third-order valence-corrected chi connectivity index (χ3v) is 1.86. The van der Waals surface area contributed by atoms with Gasteiger partial charge in [0.1, 0.15) is 0 Å². The third-order valence-electron chi connectivity index (χ3n) is 1.86. The summed E-state index contributed by atoms with van der Waals surface area (Å²) in [4.78, 5) is 7.85. The topological polar surface area (TPSA) is 107 Å². The fourth-order valence-electron chi connectivity index (χ4n) is 1.17. The van der Waals surface area contributed by atoms with Gasteiger partial charge in [0, 0.05) is 13.0 Å². The fourth-order valence-corrected chi connectivity index (χ4v) is 1.17. The Labute approximate surface area is 88.3 Å². The van der Waals surface area contributed by atoms with E-state index in [9.17, 15) is 0 Å². The molecule has 0 atom stereocenters. The molecule has 5 N–H and O–H groups in total. The van der Waals surface area contributed by atoms with E-state index in [1.54, 1.807) is 0 Å². The molecule has 6 nitrogen and oxygen atoms in total. The summed E-state index contributed by atoms with van der Waals surface area (Å²) in [5, 5.41) is 8.62. The van der Waals surface area contributed by atoms with Crippen molar-refractivity contribution in [3.63, 3.8) is 0 Å². The first kappa shape index (κ1) is 11.5. The van der Waals surface area contributed by atoms with E-state index < -0.39 is 0 Å². The molecule has 0 saturated carbocycles. The van der Waals surface area contributed by atoms with Crippen LogP contribution in [0.15, 0.2) is 0 Å². The van der Waals surface area contributed by atoms with Crippen molar-refractivity contribution >= 4 is 11.8 Å². The minimum atomic E-state index is 0.0805. The van der Waals surface area contributed by atoms with Gasteiger partial charge in [-0.15, -0.1) is 0 Å². The van der Waals surface area contributed by atoms with Crippen LogP contribution in [0.5, 0.6) is 5.75 Å². The van der Waals surface area contributed by atoms with Gasteiger partial charge >= 0.3 is 0 Å². The van der Waals surface area contributed by atoms with Crippen LogP contribution in [-0.2, 0) is 6.42 Å². The Morgan fingerprint density at radius 2 is 2.07 bits per heavy atom. The summed E-state index contributed by atoms with van der Waals surface area (Å²) < 4.78 is 5.39. The van der Waals surface area contributed by atoms with Crippen molar-refractivity contribution in [3.8, 4) is 5.75 Å². The molecule has 0 aliphatic carbocycles. The Balaban J connectivity index is 2.84. The number of hydrogen-bond donors (Lipinski definition) is 3. The lowest BCUT2D eigenvalue weighted by atomic mass is 10.3. The molecule has 0 spiro atoms. The number of ether oxygens (including phenoxy) is 1. The summed E-state index contributed by atoms with van der Waals surface area (Å²) in [7, 11) is 0. The SMILES string of the molecule is CCc1nc(N)nc(N)c1OCCCO. The lowest BCUT2D eigenvalue weighted by Crippen LogP contribution is -2.09. The number of anilines is 2. The highest BCUT2D eigenvalue weighted by Gasteiger charge is 2.10. The molecule has 84 valence electrons. The number of nitrogen functional groups attached to an aromatic ring is 2. The van der Waals surface area contributed by atoms with Gasteiger partial charge in [0.05, 0.1) is 12.3 Å². The zero-order valence-electron chi connectivity index (χ0n) is 8.73. The quantitative estimate of drug-likeness (QED) is 0.591. The van der Waals surface area contributed by atoms with Gasteiger partial charge in [0.25, 0.3) is 0 Å². The summed E-state index contributed by atoms with van der Waals surface area (Å²) in [6.45, 7) is 2.40. The zero-order valence-corrected chi connectivity index (χ0v) is 8.73. The molecule has 6 heteroatoms. The molecular weight excluding hydrogens is 196 g/mol. The Bertz CT molecular complexity index is 330. The van der Waals surface area contributed by atoms with Crippen molar-refractivity contribution in [2.24, 2.45) is 0 Å². The maximum Gasteiger partial charge on any atom is 0.222 e. The van der Waals surface area contributed by atoms with Gasteiger partial charge in [0.2, 0.25) is 5.95 Å². The molecule has 1 aromatic heterocycles. The number of nitrogens with zero attached hydrogens (tertiary/aromatic N) is 2. The van der Waals surface area contributed by atoms with Crippen LogP contribution in [0.3, 0.4) is 0 Å². The van der Waals surface area contributed by atoms with E-state index in [0.29, 0.717) is 30.9 Å². The molecule has 0 fully saturated rings. The molecule has 0 aliphatic heterocycles. The van der Waals surface area contributed by atoms with Gasteiger partial charge in [-0.2, -0.15) is 4.98 Å². The van der Waals surface area contributed by atoms with Gasteiger partial charge in [-0.25, -0.2) is 4.98 Å². The van der Waals surface area contributed by atoms with Crippen molar-refractivity contribution in [1.29, 1.82) is 0 Å². The molecular formula is C9H16N4O2. The van der Waals surface area contributed by atoms with Crippen LogP contribution in [0.2, 0.25) is 0 Å². The van der Waals surface area contributed by atoms with Crippen molar-refractivity contribution < 1.29 is 9.84 Å². The normalized spacial score (nSPS) is 10.3.